The van der Waals surface area contributed by atoms with Gasteiger partial charge in [0.2, 0.25) is 11.8 Å². The number of ether oxygens (including phenoxy) is 1. The molecule has 3 amide bonds. The highest BCUT2D eigenvalue weighted by molar-refractivity contribution is 6.00. The average Bonchev–Trinajstić information content (AvgIpc) is 3.05. The molecule has 9 nitrogen and oxygen atoms in total. The van der Waals surface area contributed by atoms with Gasteiger partial charge >= 0.3 is 0 Å². The number of unbranched alkanes of at least 4 members (excludes halogenated alkanes) is 1. The predicted molar refractivity (Wildman–Crippen MR) is 169 cm³/mol. The van der Waals surface area contributed by atoms with Gasteiger partial charge in [-0.1, -0.05) is 57.6 Å². The van der Waals surface area contributed by atoms with Crippen molar-refractivity contribution in [2.24, 2.45) is 5.92 Å². The first-order chi connectivity index (χ1) is 21.3. The lowest BCUT2D eigenvalue weighted by molar-refractivity contribution is -0.165. The fourth-order valence-electron chi connectivity index (χ4n) is 7.09. The average molecular weight is 605 g/mol. The summed E-state index contributed by atoms with van der Waals surface area (Å²) in [5.74, 6) is 1.43. The highest BCUT2D eigenvalue weighted by Gasteiger charge is 2.54. The summed E-state index contributed by atoms with van der Waals surface area (Å²) in [6.07, 6.45) is 8.44. The van der Waals surface area contributed by atoms with E-state index in [2.05, 4.69) is 22.5 Å². The fraction of sp³-hybridized carbons (Fsp3) is 0.571. The van der Waals surface area contributed by atoms with Crippen LogP contribution in [-0.4, -0.2) is 77.0 Å². The van der Waals surface area contributed by atoms with Crippen molar-refractivity contribution < 1.29 is 24.2 Å². The van der Waals surface area contributed by atoms with E-state index in [1.54, 1.807) is 31.3 Å². The summed E-state index contributed by atoms with van der Waals surface area (Å²) in [6.45, 7) is 4.79. The molecule has 0 unspecified atom stereocenters. The topological polar surface area (TPSA) is 111 Å². The van der Waals surface area contributed by atoms with Crippen molar-refractivity contribution in [2.45, 2.75) is 95.4 Å². The Labute approximate surface area is 261 Å². The van der Waals surface area contributed by atoms with Gasteiger partial charge in [-0.05, 0) is 73.6 Å². The molecule has 2 aromatic rings. The fourth-order valence-corrected chi connectivity index (χ4v) is 7.09. The number of aliphatic hydroxyl groups excluding tert-OH is 1. The monoisotopic (exact) mass is 604 g/mol. The number of rotatable bonds is 11. The third-order valence-corrected chi connectivity index (χ3v) is 9.77. The van der Waals surface area contributed by atoms with Gasteiger partial charge in [0.1, 0.15) is 23.1 Å². The van der Waals surface area contributed by atoms with Crippen LogP contribution in [0.4, 0.5) is 0 Å². The second-order valence-corrected chi connectivity index (χ2v) is 12.8. The number of amides is 3. The van der Waals surface area contributed by atoms with Crippen molar-refractivity contribution in [2.75, 3.05) is 26.7 Å². The molecule has 3 aliphatic rings. The van der Waals surface area contributed by atoms with Crippen LogP contribution in [-0.2, 0) is 16.1 Å². The molecule has 1 aliphatic carbocycles. The first kappa shape index (κ1) is 32.0. The largest absolute Gasteiger partial charge is 0.457 e. The summed E-state index contributed by atoms with van der Waals surface area (Å²) < 4.78 is 5.96. The second-order valence-electron chi connectivity index (χ2n) is 12.8. The smallest absolute Gasteiger partial charge is 0.251 e. The van der Waals surface area contributed by atoms with Gasteiger partial charge in [-0.25, -0.2) is 0 Å². The highest BCUT2D eigenvalue weighted by atomic mass is 16.5. The van der Waals surface area contributed by atoms with Crippen LogP contribution in [0, 0.1) is 5.92 Å². The van der Waals surface area contributed by atoms with Crippen molar-refractivity contribution in [1.29, 1.82) is 0 Å². The lowest BCUT2D eigenvalue weighted by Crippen LogP contribution is -2.74. The van der Waals surface area contributed by atoms with Crippen LogP contribution in [0.15, 0.2) is 48.5 Å². The summed E-state index contributed by atoms with van der Waals surface area (Å²) >= 11 is 0. The van der Waals surface area contributed by atoms with Crippen molar-refractivity contribution in [3.63, 3.8) is 0 Å². The maximum Gasteiger partial charge on any atom is 0.251 e. The first-order valence-electron chi connectivity index (χ1n) is 16.4. The third kappa shape index (κ3) is 7.26. The van der Waals surface area contributed by atoms with E-state index in [1.807, 2.05) is 29.2 Å². The molecule has 2 atom stereocenters. The minimum absolute atomic E-state index is 0.106. The molecule has 2 aliphatic heterocycles. The number of hydrogen-bond acceptors (Lipinski definition) is 6. The van der Waals surface area contributed by atoms with E-state index in [1.165, 1.54) is 19.3 Å². The summed E-state index contributed by atoms with van der Waals surface area (Å²) in [6, 6.07) is 14.1. The first-order valence-corrected chi connectivity index (χ1v) is 16.4. The maximum absolute atomic E-state index is 13.8. The van der Waals surface area contributed by atoms with E-state index in [0.29, 0.717) is 61.9 Å². The summed E-state index contributed by atoms with van der Waals surface area (Å²) in [4.78, 5) is 43.5. The Hall–Kier alpha value is -3.43. The van der Waals surface area contributed by atoms with Crippen molar-refractivity contribution in [1.82, 2.24) is 20.4 Å². The molecule has 44 heavy (non-hydrogen) atoms. The summed E-state index contributed by atoms with van der Waals surface area (Å²) in [5, 5.41) is 16.7. The second kappa shape index (κ2) is 14.6. The summed E-state index contributed by atoms with van der Waals surface area (Å²) in [5.41, 5.74) is 0.866. The van der Waals surface area contributed by atoms with Crippen LogP contribution < -0.4 is 15.4 Å². The zero-order valence-electron chi connectivity index (χ0n) is 26.2. The number of hydrogen-bond donors (Lipinski definition) is 3. The van der Waals surface area contributed by atoms with E-state index in [0.717, 1.165) is 37.8 Å². The van der Waals surface area contributed by atoms with E-state index in [9.17, 15) is 19.5 Å². The third-order valence-electron chi connectivity index (χ3n) is 9.77. The number of aliphatic hydroxyl groups is 1. The molecule has 3 fully saturated rings. The molecule has 0 bridgehead atoms. The Bertz CT molecular complexity index is 1270. The Morgan fingerprint density at radius 2 is 1.66 bits per heavy atom. The number of nitrogens with zero attached hydrogens (tertiary/aromatic N) is 2. The van der Waals surface area contributed by atoms with E-state index >= 15 is 0 Å². The van der Waals surface area contributed by atoms with Crippen LogP contribution in [0.5, 0.6) is 11.5 Å². The number of likely N-dealkylation sites (tertiary alicyclic amines) is 1. The normalized spacial score (nSPS) is 21.6. The van der Waals surface area contributed by atoms with Gasteiger partial charge in [-0.3, -0.25) is 19.3 Å². The molecular formula is C35H48N4O5. The van der Waals surface area contributed by atoms with Crippen LogP contribution in [0.3, 0.4) is 0 Å². The lowest BCUT2D eigenvalue weighted by atomic mass is 9.79. The number of carbonyl (C=O) groups is 3. The van der Waals surface area contributed by atoms with Crippen LogP contribution in [0.1, 0.15) is 87.1 Å². The number of nitrogens with one attached hydrogen (secondary N) is 2. The highest BCUT2D eigenvalue weighted by Crippen LogP contribution is 2.36. The molecule has 2 heterocycles. The van der Waals surface area contributed by atoms with E-state index in [4.69, 9.17) is 4.74 Å². The van der Waals surface area contributed by atoms with Gasteiger partial charge in [0.25, 0.3) is 5.91 Å². The quantitative estimate of drug-likeness (QED) is 0.345. The minimum atomic E-state index is -0.852. The Kier molecular flexibility index (Phi) is 10.6. The zero-order valence-corrected chi connectivity index (χ0v) is 26.2. The van der Waals surface area contributed by atoms with Crippen LogP contribution in [0.2, 0.25) is 0 Å². The lowest BCUT2D eigenvalue weighted by Gasteiger charge is -2.52. The van der Waals surface area contributed by atoms with Gasteiger partial charge in [-0.2, -0.15) is 0 Å². The van der Waals surface area contributed by atoms with Gasteiger partial charge in [0.05, 0.1) is 6.10 Å². The molecule has 1 spiro atoms. The molecule has 5 rings (SSSR count). The molecule has 238 valence electrons. The molecule has 0 aromatic heterocycles. The number of piperidine rings is 1. The number of piperazine rings is 1. The molecule has 2 aromatic carbocycles. The van der Waals surface area contributed by atoms with Gasteiger partial charge in [-0.15, -0.1) is 0 Å². The summed E-state index contributed by atoms with van der Waals surface area (Å²) in [7, 11) is 1.60. The SMILES string of the molecule is CCCCN1C(=O)[C@@H]([C@H](O)CC2CCCCC2)NC(=O)C12CCN(Cc1ccc(Oc3ccc(C(=O)NC)cc3)cc1)CC2. The van der Waals surface area contributed by atoms with Gasteiger partial charge in [0.15, 0.2) is 0 Å². The predicted octanol–water partition coefficient (Wildman–Crippen LogP) is 4.63. The van der Waals surface area contributed by atoms with E-state index < -0.39 is 17.7 Å². The van der Waals surface area contributed by atoms with E-state index in [-0.39, 0.29) is 17.7 Å². The van der Waals surface area contributed by atoms with Crippen molar-refractivity contribution in [3.05, 3.63) is 59.7 Å². The molecule has 2 saturated heterocycles. The van der Waals surface area contributed by atoms with Crippen molar-refractivity contribution >= 4 is 17.7 Å². The number of benzene rings is 2. The zero-order chi connectivity index (χ0) is 31.1. The standard InChI is InChI=1S/C35H48N4O5/c1-3-4-20-39-33(42)31(30(40)23-25-8-6-5-7-9-25)37-34(43)35(39)18-21-38(22-19-35)24-26-10-14-28(15-11-26)44-29-16-12-27(13-17-29)32(41)36-2/h10-17,25,30-31,40H,3-9,18-24H2,1-2H3,(H,36,41)(H,37,43)/t30-,31-/m1/s1. The molecular weight excluding hydrogens is 556 g/mol. The van der Waals surface area contributed by atoms with Gasteiger partial charge in [0, 0.05) is 38.8 Å². The Balaban J connectivity index is 1.18. The van der Waals surface area contributed by atoms with Crippen LogP contribution >= 0.6 is 0 Å². The molecule has 1 saturated carbocycles. The number of carbonyl (C=O) groups excluding carboxylic acids is 3. The molecule has 0 radical (unpaired) electrons. The maximum atomic E-state index is 13.8. The Morgan fingerprint density at radius 1 is 1.02 bits per heavy atom. The molecule has 3 N–H and O–H groups in total. The van der Waals surface area contributed by atoms with Crippen LogP contribution in [0.25, 0.3) is 0 Å². The van der Waals surface area contributed by atoms with Crippen molar-refractivity contribution in [3.8, 4) is 11.5 Å². The molecule has 9 heteroatoms. The van der Waals surface area contributed by atoms with Gasteiger partial charge < -0.3 is 25.4 Å². The Morgan fingerprint density at radius 3 is 2.27 bits per heavy atom. The minimum Gasteiger partial charge on any atom is -0.457 e.